The van der Waals surface area contributed by atoms with Crippen LogP contribution in [0.25, 0.3) is 0 Å². The minimum atomic E-state index is -0.588. The van der Waals surface area contributed by atoms with Crippen LogP contribution in [-0.4, -0.2) is 55.0 Å². The van der Waals surface area contributed by atoms with Crippen molar-refractivity contribution in [2.45, 2.75) is 65.3 Å². The van der Waals surface area contributed by atoms with Crippen LogP contribution in [0.2, 0.25) is 0 Å². The van der Waals surface area contributed by atoms with Gasteiger partial charge in [-0.3, -0.25) is 0 Å². The van der Waals surface area contributed by atoms with Gasteiger partial charge < -0.3 is 29.6 Å². The van der Waals surface area contributed by atoms with E-state index < -0.39 is 35.3 Å². The molecule has 0 radical (unpaired) electrons. The maximum Gasteiger partial charge on any atom is 0.410 e. The number of amides is 1. The van der Waals surface area contributed by atoms with Gasteiger partial charge in [0, 0.05) is 31.1 Å². The van der Waals surface area contributed by atoms with Gasteiger partial charge in [0.05, 0.1) is 22.8 Å². The Balaban J connectivity index is 1.74. The number of nitrogens with two attached hydrogens (primary N) is 1. The second kappa shape index (κ2) is 8.39. The number of halogens is 1. The van der Waals surface area contributed by atoms with E-state index in [0.29, 0.717) is 47.0 Å². The Morgan fingerprint density at radius 2 is 1.97 bits per heavy atom. The molecule has 0 spiro atoms. The summed E-state index contributed by atoms with van der Waals surface area (Å²) in [6.07, 6.45) is 0.903. The minimum absolute atomic E-state index is 0.269. The van der Waals surface area contributed by atoms with E-state index in [0.717, 1.165) is 0 Å². The van der Waals surface area contributed by atoms with Gasteiger partial charge in [0.15, 0.2) is 0 Å². The molecule has 3 rings (SSSR count). The van der Waals surface area contributed by atoms with Crippen molar-refractivity contribution in [2.24, 2.45) is 11.1 Å². The summed E-state index contributed by atoms with van der Waals surface area (Å²) >= 11 is 6.08. The number of esters is 1. The molecule has 1 aliphatic carbocycles. The van der Waals surface area contributed by atoms with Gasteiger partial charge >= 0.3 is 12.1 Å². The first-order valence-corrected chi connectivity index (χ1v) is 10.7. The number of methoxy groups -OCH3 is 1. The van der Waals surface area contributed by atoms with Crippen LogP contribution in [0.1, 0.15) is 47.5 Å². The summed E-state index contributed by atoms with van der Waals surface area (Å²) in [7, 11) is 1.53. The largest absolute Gasteiger partial charge is 0.462 e. The number of carbonyl (C=O) groups is 2. The highest BCUT2D eigenvalue weighted by Gasteiger charge is 2.46. The van der Waals surface area contributed by atoms with Crippen LogP contribution in [0.15, 0.2) is 33.9 Å². The molecule has 2 unspecified atom stereocenters. The monoisotopic (exact) mass is 454 g/mol. The molecule has 2 atom stereocenters. The first kappa shape index (κ1) is 23.5. The fraction of sp³-hybridized carbons (Fsp3) is 0.636. The van der Waals surface area contributed by atoms with Gasteiger partial charge in [0.25, 0.3) is 0 Å². The Morgan fingerprint density at radius 1 is 1.29 bits per heavy atom. The molecule has 1 saturated heterocycles. The fourth-order valence-electron chi connectivity index (χ4n) is 4.05. The summed E-state index contributed by atoms with van der Waals surface area (Å²) < 4.78 is 22.5. The van der Waals surface area contributed by atoms with Crippen LogP contribution in [0.3, 0.4) is 0 Å². The highest BCUT2D eigenvalue weighted by Crippen LogP contribution is 2.49. The molecule has 0 aromatic heterocycles. The standard InChI is InChI=1S/C22H31ClN2O6/c1-21(2,3)31-20(27)25-8-7-14(15(10-25)28-6)30-19(26)16-18-12(9-22(16,4)5)17(24)13(23)11-29-18/h11,14-15H,7-10,24H2,1-6H3. The highest BCUT2D eigenvalue weighted by molar-refractivity contribution is 6.32. The number of fused-ring (bicyclic) bond motifs is 1. The molecule has 172 valence electrons. The quantitative estimate of drug-likeness (QED) is 0.650. The number of rotatable bonds is 3. The molecule has 1 fully saturated rings. The predicted molar refractivity (Wildman–Crippen MR) is 115 cm³/mol. The lowest BCUT2D eigenvalue weighted by atomic mass is 9.85. The summed E-state index contributed by atoms with van der Waals surface area (Å²) in [6, 6.07) is 0. The number of hydrogen-bond donors (Lipinski definition) is 1. The first-order valence-electron chi connectivity index (χ1n) is 10.3. The van der Waals surface area contributed by atoms with Gasteiger partial charge in [-0.15, -0.1) is 0 Å². The number of ether oxygens (including phenoxy) is 4. The van der Waals surface area contributed by atoms with E-state index in [2.05, 4.69) is 0 Å². The molecular weight excluding hydrogens is 424 g/mol. The summed E-state index contributed by atoms with van der Waals surface area (Å²) in [6.45, 7) is 9.99. The fourth-order valence-corrected chi connectivity index (χ4v) is 4.21. The second-order valence-corrected chi connectivity index (χ2v) is 10.1. The summed E-state index contributed by atoms with van der Waals surface area (Å²) in [4.78, 5) is 27.2. The molecule has 1 amide bonds. The Labute approximate surface area is 187 Å². The molecule has 2 heterocycles. The number of hydrogen-bond acceptors (Lipinski definition) is 7. The third-order valence-corrected chi connectivity index (χ3v) is 5.87. The van der Waals surface area contributed by atoms with E-state index in [-0.39, 0.29) is 6.54 Å². The molecule has 0 bridgehead atoms. The SMILES string of the molecule is COC1CN(C(=O)OC(C)(C)C)CCC1OC(=O)C1=C2OC=C(Cl)C(N)=C2CC1(C)C. The van der Waals surface area contributed by atoms with E-state index in [1.54, 1.807) is 4.90 Å². The summed E-state index contributed by atoms with van der Waals surface area (Å²) in [5.74, 6) is -0.0657. The lowest BCUT2D eigenvalue weighted by molar-refractivity contribution is -0.157. The van der Waals surface area contributed by atoms with E-state index in [4.69, 9.17) is 36.3 Å². The maximum absolute atomic E-state index is 13.2. The third-order valence-electron chi connectivity index (χ3n) is 5.57. The number of piperidine rings is 1. The Hall–Kier alpha value is -2.19. The number of nitrogens with zero attached hydrogens (tertiary/aromatic N) is 1. The van der Waals surface area contributed by atoms with Crippen molar-refractivity contribution in [3.63, 3.8) is 0 Å². The zero-order valence-corrected chi connectivity index (χ0v) is 19.7. The van der Waals surface area contributed by atoms with Gasteiger partial charge in [0.1, 0.15) is 29.8 Å². The van der Waals surface area contributed by atoms with Crippen LogP contribution >= 0.6 is 11.6 Å². The topological polar surface area (TPSA) is 100 Å². The zero-order valence-electron chi connectivity index (χ0n) is 18.9. The molecule has 2 N–H and O–H groups in total. The van der Waals surface area contributed by atoms with Crippen molar-refractivity contribution in [3.8, 4) is 0 Å². The van der Waals surface area contributed by atoms with Crippen molar-refractivity contribution in [3.05, 3.63) is 33.9 Å². The highest BCUT2D eigenvalue weighted by atomic mass is 35.5. The third kappa shape index (κ3) is 4.85. The summed E-state index contributed by atoms with van der Waals surface area (Å²) in [5.41, 5.74) is 6.55. The van der Waals surface area contributed by atoms with E-state index >= 15 is 0 Å². The molecule has 31 heavy (non-hydrogen) atoms. The van der Waals surface area contributed by atoms with Crippen LogP contribution in [0.5, 0.6) is 0 Å². The lowest BCUT2D eigenvalue weighted by Crippen LogP contribution is -2.52. The number of carbonyl (C=O) groups excluding carboxylic acids is 2. The van der Waals surface area contributed by atoms with Crippen molar-refractivity contribution in [1.29, 1.82) is 0 Å². The Kier molecular flexibility index (Phi) is 6.35. The van der Waals surface area contributed by atoms with E-state index in [1.165, 1.54) is 13.4 Å². The zero-order chi connectivity index (χ0) is 23.1. The van der Waals surface area contributed by atoms with Crippen molar-refractivity contribution >= 4 is 23.7 Å². The lowest BCUT2D eigenvalue weighted by Gasteiger charge is -2.38. The van der Waals surface area contributed by atoms with Gasteiger partial charge in [-0.25, -0.2) is 9.59 Å². The maximum atomic E-state index is 13.2. The normalized spacial score (nSPS) is 25.6. The number of allylic oxidation sites excluding steroid dienone is 2. The molecule has 9 heteroatoms. The molecule has 0 saturated carbocycles. The molecule has 3 aliphatic rings. The summed E-state index contributed by atoms with van der Waals surface area (Å²) in [5, 5.41) is 0.318. The van der Waals surface area contributed by atoms with Crippen LogP contribution in [0, 0.1) is 5.41 Å². The van der Waals surface area contributed by atoms with Crippen molar-refractivity contribution < 1.29 is 28.5 Å². The predicted octanol–water partition coefficient (Wildman–Crippen LogP) is 3.56. The Morgan fingerprint density at radius 3 is 2.58 bits per heavy atom. The van der Waals surface area contributed by atoms with Gasteiger partial charge in [0.2, 0.25) is 0 Å². The molecule has 2 aliphatic heterocycles. The second-order valence-electron chi connectivity index (χ2n) is 9.67. The smallest absolute Gasteiger partial charge is 0.410 e. The van der Waals surface area contributed by atoms with Gasteiger partial charge in [-0.05, 0) is 27.2 Å². The average Bonchev–Trinajstić information content (AvgIpc) is 2.94. The molecule has 8 nitrogen and oxygen atoms in total. The van der Waals surface area contributed by atoms with Gasteiger partial charge in [-0.1, -0.05) is 25.4 Å². The van der Waals surface area contributed by atoms with Crippen LogP contribution in [-0.2, 0) is 23.7 Å². The van der Waals surface area contributed by atoms with Gasteiger partial charge in [-0.2, -0.15) is 0 Å². The molecular formula is C22H31ClN2O6. The molecule has 0 aromatic rings. The van der Waals surface area contributed by atoms with E-state index in [9.17, 15) is 9.59 Å². The average molecular weight is 455 g/mol. The Bertz CT molecular complexity index is 868. The minimum Gasteiger partial charge on any atom is -0.462 e. The van der Waals surface area contributed by atoms with Crippen LogP contribution < -0.4 is 5.73 Å². The van der Waals surface area contributed by atoms with Crippen molar-refractivity contribution in [1.82, 2.24) is 4.90 Å². The van der Waals surface area contributed by atoms with E-state index in [1.807, 2.05) is 34.6 Å². The van der Waals surface area contributed by atoms with Crippen molar-refractivity contribution in [2.75, 3.05) is 20.2 Å². The molecule has 0 aromatic carbocycles. The first-order chi connectivity index (χ1) is 14.3. The number of likely N-dealkylation sites (tertiary alicyclic amines) is 1. The van der Waals surface area contributed by atoms with Crippen LogP contribution in [0.4, 0.5) is 4.79 Å².